The van der Waals surface area contributed by atoms with Crippen LogP contribution < -0.4 is 5.73 Å². The first-order valence-corrected chi connectivity index (χ1v) is 4.75. The van der Waals surface area contributed by atoms with Gasteiger partial charge in [0.1, 0.15) is 0 Å². The second-order valence-electron chi connectivity index (χ2n) is 3.52. The molecule has 0 amide bonds. The topological polar surface area (TPSA) is 49.9 Å². The molecule has 3 heteroatoms. The lowest BCUT2D eigenvalue weighted by Crippen LogP contribution is -2.44. The molecule has 0 radical (unpaired) electrons. The highest BCUT2D eigenvalue weighted by molar-refractivity contribution is 7.81. The standard InChI is InChI=1S/C9H16N2S/c1-3-6-4-8(12)9(2,11)7(6)5-10/h5,8,10,12H,3-4,11H2,1-2H3. The fourth-order valence-corrected chi connectivity index (χ4v) is 2.07. The van der Waals surface area contributed by atoms with E-state index >= 15 is 0 Å². The molecule has 1 aliphatic carbocycles. The summed E-state index contributed by atoms with van der Waals surface area (Å²) in [5.74, 6) is 0. The number of nitrogens with one attached hydrogen (secondary N) is 1. The number of hydrogen-bond acceptors (Lipinski definition) is 3. The minimum Gasteiger partial charge on any atom is -0.321 e. The van der Waals surface area contributed by atoms with Gasteiger partial charge in [-0.2, -0.15) is 12.6 Å². The number of rotatable bonds is 2. The summed E-state index contributed by atoms with van der Waals surface area (Å²) >= 11 is 4.43. The molecule has 0 spiro atoms. The van der Waals surface area contributed by atoms with Gasteiger partial charge in [-0.05, 0) is 25.3 Å². The summed E-state index contributed by atoms with van der Waals surface area (Å²) in [7, 11) is 0. The lowest BCUT2D eigenvalue weighted by atomic mass is 9.95. The third kappa shape index (κ3) is 1.31. The molecule has 1 aliphatic rings. The van der Waals surface area contributed by atoms with Crippen molar-refractivity contribution in [2.45, 2.75) is 37.5 Å². The lowest BCUT2D eigenvalue weighted by molar-refractivity contribution is 0.576. The van der Waals surface area contributed by atoms with E-state index in [0.29, 0.717) is 0 Å². The second kappa shape index (κ2) is 3.23. The monoisotopic (exact) mass is 184 g/mol. The molecule has 0 aromatic rings. The summed E-state index contributed by atoms with van der Waals surface area (Å²) in [6.45, 7) is 4.05. The molecule has 0 aromatic carbocycles. The highest BCUT2D eigenvalue weighted by atomic mass is 32.1. The van der Waals surface area contributed by atoms with Crippen LogP contribution in [0.15, 0.2) is 11.1 Å². The molecular weight excluding hydrogens is 168 g/mol. The Kier molecular flexibility index (Phi) is 2.64. The second-order valence-corrected chi connectivity index (χ2v) is 4.14. The van der Waals surface area contributed by atoms with Crippen molar-refractivity contribution in [2.75, 3.05) is 0 Å². The van der Waals surface area contributed by atoms with Gasteiger partial charge < -0.3 is 11.1 Å². The Hall–Kier alpha value is -0.280. The molecule has 2 atom stereocenters. The van der Waals surface area contributed by atoms with Crippen molar-refractivity contribution >= 4 is 18.8 Å². The minimum atomic E-state index is -0.407. The Labute approximate surface area is 79.1 Å². The van der Waals surface area contributed by atoms with Crippen molar-refractivity contribution in [3.05, 3.63) is 11.1 Å². The van der Waals surface area contributed by atoms with Crippen LogP contribution in [0.5, 0.6) is 0 Å². The zero-order valence-corrected chi connectivity index (χ0v) is 8.49. The van der Waals surface area contributed by atoms with E-state index in [0.717, 1.165) is 18.4 Å². The van der Waals surface area contributed by atoms with Gasteiger partial charge in [-0.15, -0.1) is 0 Å². The van der Waals surface area contributed by atoms with Gasteiger partial charge in [-0.3, -0.25) is 0 Å². The number of thiol groups is 1. The van der Waals surface area contributed by atoms with Gasteiger partial charge >= 0.3 is 0 Å². The van der Waals surface area contributed by atoms with Gasteiger partial charge in [-0.25, -0.2) is 0 Å². The first kappa shape index (κ1) is 9.81. The molecule has 0 aliphatic heterocycles. The summed E-state index contributed by atoms with van der Waals surface area (Å²) in [5.41, 5.74) is 7.91. The molecule has 68 valence electrons. The molecule has 0 fully saturated rings. The SMILES string of the molecule is CCC1=C(C=N)C(C)(N)C(S)C1. The zero-order valence-electron chi connectivity index (χ0n) is 7.59. The van der Waals surface area contributed by atoms with Crippen molar-refractivity contribution in [3.8, 4) is 0 Å². The highest BCUT2D eigenvalue weighted by Gasteiger charge is 2.38. The molecule has 2 nitrogen and oxygen atoms in total. The molecule has 0 bridgehead atoms. The summed E-state index contributed by atoms with van der Waals surface area (Å²) < 4.78 is 0. The molecule has 0 heterocycles. The van der Waals surface area contributed by atoms with Gasteiger partial charge in [0, 0.05) is 11.5 Å². The van der Waals surface area contributed by atoms with E-state index < -0.39 is 5.54 Å². The van der Waals surface area contributed by atoms with Crippen molar-refractivity contribution in [3.63, 3.8) is 0 Å². The maximum Gasteiger partial charge on any atom is 0.0516 e. The van der Waals surface area contributed by atoms with E-state index in [4.69, 9.17) is 11.1 Å². The Morgan fingerprint density at radius 2 is 2.42 bits per heavy atom. The first-order valence-electron chi connectivity index (χ1n) is 4.24. The predicted molar refractivity (Wildman–Crippen MR) is 56.1 cm³/mol. The molecular formula is C9H16N2S. The van der Waals surface area contributed by atoms with Gasteiger partial charge in [0.25, 0.3) is 0 Å². The third-order valence-corrected chi connectivity index (χ3v) is 3.38. The van der Waals surface area contributed by atoms with E-state index in [-0.39, 0.29) is 5.25 Å². The molecule has 1 rings (SSSR count). The molecule has 12 heavy (non-hydrogen) atoms. The zero-order chi connectivity index (χ0) is 9.35. The van der Waals surface area contributed by atoms with E-state index in [1.165, 1.54) is 11.8 Å². The van der Waals surface area contributed by atoms with E-state index in [2.05, 4.69) is 19.6 Å². The van der Waals surface area contributed by atoms with Crippen LogP contribution in [-0.2, 0) is 0 Å². The van der Waals surface area contributed by atoms with Crippen molar-refractivity contribution in [1.29, 1.82) is 5.41 Å². The predicted octanol–water partition coefficient (Wildman–Crippen LogP) is 1.76. The minimum absolute atomic E-state index is 0.170. The van der Waals surface area contributed by atoms with Crippen LogP contribution in [0.4, 0.5) is 0 Å². The third-order valence-electron chi connectivity index (χ3n) is 2.66. The average Bonchev–Trinajstić information content (AvgIpc) is 2.23. The van der Waals surface area contributed by atoms with Crippen LogP contribution in [0.25, 0.3) is 0 Å². The van der Waals surface area contributed by atoms with Gasteiger partial charge in [0.05, 0.1) is 5.54 Å². The first-order chi connectivity index (χ1) is 5.54. The summed E-state index contributed by atoms with van der Waals surface area (Å²) in [6.07, 6.45) is 3.29. The maximum absolute atomic E-state index is 7.28. The van der Waals surface area contributed by atoms with Crippen LogP contribution in [0.1, 0.15) is 26.7 Å². The molecule has 0 saturated heterocycles. The van der Waals surface area contributed by atoms with Crippen LogP contribution in [0.2, 0.25) is 0 Å². The van der Waals surface area contributed by atoms with Gasteiger partial charge in [0.2, 0.25) is 0 Å². The number of allylic oxidation sites excluding steroid dienone is 1. The van der Waals surface area contributed by atoms with E-state index in [1.54, 1.807) is 0 Å². The van der Waals surface area contributed by atoms with Crippen molar-refractivity contribution in [1.82, 2.24) is 0 Å². The van der Waals surface area contributed by atoms with E-state index in [9.17, 15) is 0 Å². The highest BCUT2D eigenvalue weighted by Crippen LogP contribution is 2.37. The molecule has 3 N–H and O–H groups in total. The molecule has 0 saturated carbocycles. The Morgan fingerprint density at radius 1 is 1.83 bits per heavy atom. The Morgan fingerprint density at radius 3 is 2.75 bits per heavy atom. The quantitative estimate of drug-likeness (QED) is 0.444. The lowest BCUT2D eigenvalue weighted by Gasteiger charge is -2.25. The summed E-state index contributed by atoms with van der Waals surface area (Å²) in [5, 5.41) is 7.45. The van der Waals surface area contributed by atoms with Crippen LogP contribution in [0.3, 0.4) is 0 Å². The fourth-order valence-electron chi connectivity index (χ4n) is 1.71. The van der Waals surface area contributed by atoms with Crippen LogP contribution in [0, 0.1) is 5.41 Å². The summed E-state index contributed by atoms with van der Waals surface area (Å²) in [6, 6.07) is 0. The van der Waals surface area contributed by atoms with Crippen molar-refractivity contribution < 1.29 is 0 Å². The number of nitrogens with two attached hydrogens (primary N) is 1. The van der Waals surface area contributed by atoms with Crippen LogP contribution >= 0.6 is 12.6 Å². The number of hydrogen-bond donors (Lipinski definition) is 3. The molecule has 0 aromatic heterocycles. The Bertz CT molecular complexity index is 231. The molecule has 2 unspecified atom stereocenters. The van der Waals surface area contributed by atoms with Crippen molar-refractivity contribution in [2.24, 2.45) is 5.73 Å². The van der Waals surface area contributed by atoms with Gasteiger partial charge in [-0.1, -0.05) is 12.5 Å². The van der Waals surface area contributed by atoms with Gasteiger partial charge in [0.15, 0.2) is 0 Å². The van der Waals surface area contributed by atoms with Crippen LogP contribution in [-0.4, -0.2) is 17.0 Å². The normalized spacial score (nSPS) is 35.8. The van der Waals surface area contributed by atoms with E-state index in [1.807, 2.05) is 6.92 Å². The fraction of sp³-hybridized carbons (Fsp3) is 0.667. The largest absolute Gasteiger partial charge is 0.321 e. The average molecular weight is 184 g/mol. The smallest absolute Gasteiger partial charge is 0.0516 e. The Balaban J connectivity index is 3.04. The summed E-state index contributed by atoms with van der Waals surface area (Å²) in [4.78, 5) is 0. The maximum atomic E-state index is 7.28.